The maximum Gasteiger partial charge on any atom is 0.145 e. The zero-order chi connectivity index (χ0) is 11.0. The third kappa shape index (κ3) is 1.80. The van der Waals surface area contributed by atoms with E-state index in [9.17, 15) is 4.39 Å². The van der Waals surface area contributed by atoms with Crippen molar-refractivity contribution >= 4 is 17.4 Å². The summed E-state index contributed by atoms with van der Waals surface area (Å²) in [6, 6.07) is 4.90. The number of aryl methyl sites for hydroxylation is 1. The molecule has 0 spiro atoms. The first-order valence-corrected chi connectivity index (χ1v) is 4.72. The van der Waals surface area contributed by atoms with Crippen LogP contribution in [0.25, 0.3) is 11.3 Å². The Hall–Kier alpha value is -1.55. The van der Waals surface area contributed by atoms with Crippen LogP contribution in [0.2, 0.25) is 5.02 Å². The van der Waals surface area contributed by atoms with Gasteiger partial charge in [-0.1, -0.05) is 11.6 Å². The molecule has 0 radical (unpaired) electrons. The fraction of sp³-hybridized carbons (Fsp3) is 0.100. The van der Waals surface area contributed by atoms with Crippen molar-refractivity contribution in [3.05, 3.63) is 34.6 Å². The average molecular weight is 226 g/mol. The number of benzene rings is 1. The van der Waals surface area contributed by atoms with Gasteiger partial charge in [0, 0.05) is 11.6 Å². The monoisotopic (exact) mass is 225 g/mol. The number of hydrogen-bond donors (Lipinski definition) is 2. The predicted octanol–water partition coefficient (Wildman–Crippen LogP) is 2.76. The summed E-state index contributed by atoms with van der Waals surface area (Å²) in [5, 5.41) is 6.63. The van der Waals surface area contributed by atoms with Gasteiger partial charge < -0.3 is 5.73 Å². The van der Waals surface area contributed by atoms with Gasteiger partial charge in [0.2, 0.25) is 0 Å². The lowest BCUT2D eigenvalue weighted by Gasteiger charge is -2.03. The third-order valence-corrected chi connectivity index (χ3v) is 2.39. The molecule has 1 aromatic heterocycles. The number of H-pyrrole nitrogens is 1. The normalized spacial score (nSPS) is 10.6. The summed E-state index contributed by atoms with van der Waals surface area (Å²) in [6.45, 7) is 1.66. The van der Waals surface area contributed by atoms with E-state index in [1.54, 1.807) is 19.1 Å². The molecule has 0 saturated carbocycles. The van der Waals surface area contributed by atoms with Crippen LogP contribution < -0.4 is 5.73 Å². The minimum absolute atomic E-state index is 0.0955. The first kappa shape index (κ1) is 9.98. The fourth-order valence-electron chi connectivity index (χ4n) is 1.37. The molecule has 0 aliphatic heterocycles. The maximum absolute atomic E-state index is 13.2. The van der Waals surface area contributed by atoms with Crippen molar-refractivity contribution < 1.29 is 4.39 Å². The van der Waals surface area contributed by atoms with E-state index in [2.05, 4.69) is 10.2 Å². The maximum atomic E-state index is 13.2. The number of aromatic amines is 1. The van der Waals surface area contributed by atoms with Crippen molar-refractivity contribution in [1.29, 1.82) is 0 Å². The molecule has 5 heteroatoms. The molecular weight excluding hydrogens is 217 g/mol. The number of hydrogen-bond acceptors (Lipinski definition) is 2. The zero-order valence-corrected chi connectivity index (χ0v) is 8.77. The molecule has 0 saturated heterocycles. The first-order valence-electron chi connectivity index (χ1n) is 4.35. The lowest BCUT2D eigenvalue weighted by molar-refractivity contribution is 0.619. The largest absolute Gasteiger partial charge is 0.382 e. The summed E-state index contributed by atoms with van der Waals surface area (Å²) < 4.78 is 13.2. The standard InChI is InChI=1S/C10H9ClFN3/c1-5-2-6(3-7(11)10(5)12)8-4-9(13)15-14-8/h2-4H,1H3,(H3,13,14,15). The highest BCUT2D eigenvalue weighted by molar-refractivity contribution is 6.31. The molecule has 1 aromatic carbocycles. The van der Waals surface area contributed by atoms with Gasteiger partial charge in [0.25, 0.3) is 0 Å². The van der Waals surface area contributed by atoms with E-state index in [1.165, 1.54) is 6.07 Å². The minimum Gasteiger partial charge on any atom is -0.382 e. The molecule has 0 unspecified atom stereocenters. The predicted molar refractivity (Wildman–Crippen MR) is 58.1 cm³/mol. The number of aromatic nitrogens is 2. The van der Waals surface area contributed by atoms with E-state index >= 15 is 0 Å². The molecule has 0 amide bonds. The molecule has 2 rings (SSSR count). The van der Waals surface area contributed by atoms with Crippen LogP contribution in [0.3, 0.4) is 0 Å². The Bertz CT molecular complexity index is 484. The topological polar surface area (TPSA) is 54.7 Å². The summed E-state index contributed by atoms with van der Waals surface area (Å²) >= 11 is 5.74. The molecule has 15 heavy (non-hydrogen) atoms. The molecule has 0 bridgehead atoms. The van der Waals surface area contributed by atoms with Crippen LogP contribution in [0.1, 0.15) is 5.56 Å². The third-order valence-electron chi connectivity index (χ3n) is 2.12. The van der Waals surface area contributed by atoms with Crippen LogP contribution >= 0.6 is 11.6 Å². The van der Waals surface area contributed by atoms with Crippen LogP contribution in [-0.4, -0.2) is 10.2 Å². The van der Waals surface area contributed by atoms with Gasteiger partial charge in [0.05, 0.1) is 10.7 Å². The molecular formula is C10H9ClFN3. The van der Waals surface area contributed by atoms with E-state index in [0.717, 1.165) is 11.3 Å². The van der Waals surface area contributed by atoms with E-state index in [1.807, 2.05) is 0 Å². The second-order valence-electron chi connectivity index (χ2n) is 3.30. The van der Waals surface area contributed by atoms with Crippen molar-refractivity contribution in [2.24, 2.45) is 0 Å². The summed E-state index contributed by atoms with van der Waals surface area (Å²) in [5.41, 5.74) is 7.45. The van der Waals surface area contributed by atoms with Gasteiger partial charge in [-0.15, -0.1) is 0 Å². The van der Waals surface area contributed by atoms with Crippen LogP contribution in [0.15, 0.2) is 18.2 Å². The fourth-order valence-corrected chi connectivity index (χ4v) is 1.63. The Morgan fingerprint density at radius 1 is 1.40 bits per heavy atom. The summed E-state index contributed by atoms with van der Waals surface area (Å²) in [6.07, 6.45) is 0. The highest BCUT2D eigenvalue weighted by Crippen LogP contribution is 2.26. The van der Waals surface area contributed by atoms with Gasteiger partial charge in [-0.2, -0.15) is 5.10 Å². The first-order chi connectivity index (χ1) is 7.08. The van der Waals surface area contributed by atoms with Crippen molar-refractivity contribution in [2.45, 2.75) is 6.92 Å². The van der Waals surface area contributed by atoms with Gasteiger partial charge in [-0.25, -0.2) is 4.39 Å². The zero-order valence-electron chi connectivity index (χ0n) is 8.01. The molecule has 0 fully saturated rings. The van der Waals surface area contributed by atoms with Crippen LogP contribution in [-0.2, 0) is 0 Å². The second kappa shape index (κ2) is 3.55. The Morgan fingerprint density at radius 3 is 2.67 bits per heavy atom. The van der Waals surface area contributed by atoms with Crippen molar-refractivity contribution in [3.63, 3.8) is 0 Å². The Kier molecular flexibility index (Phi) is 2.36. The Morgan fingerprint density at radius 2 is 2.13 bits per heavy atom. The number of nitrogen functional groups attached to an aromatic ring is 1. The molecule has 3 nitrogen and oxygen atoms in total. The Labute approximate surface area is 91.1 Å². The van der Waals surface area contributed by atoms with Gasteiger partial charge >= 0.3 is 0 Å². The Balaban J connectivity index is 2.55. The molecule has 0 aliphatic carbocycles. The quantitative estimate of drug-likeness (QED) is 0.784. The van der Waals surface area contributed by atoms with Crippen LogP contribution in [0, 0.1) is 12.7 Å². The molecule has 0 aliphatic rings. The molecule has 2 aromatic rings. The van der Waals surface area contributed by atoms with Crippen molar-refractivity contribution in [3.8, 4) is 11.3 Å². The molecule has 1 heterocycles. The van der Waals surface area contributed by atoms with E-state index < -0.39 is 5.82 Å². The highest BCUT2D eigenvalue weighted by atomic mass is 35.5. The summed E-state index contributed by atoms with van der Waals surface area (Å²) in [7, 11) is 0. The molecule has 78 valence electrons. The average Bonchev–Trinajstić information content (AvgIpc) is 2.60. The van der Waals surface area contributed by atoms with Gasteiger partial charge in [0.1, 0.15) is 11.6 Å². The van der Waals surface area contributed by atoms with Crippen LogP contribution in [0.5, 0.6) is 0 Å². The van der Waals surface area contributed by atoms with Gasteiger partial charge in [0.15, 0.2) is 0 Å². The number of anilines is 1. The minimum atomic E-state index is -0.395. The SMILES string of the molecule is Cc1cc(-c2cc(N)n[nH]2)cc(Cl)c1F. The lowest BCUT2D eigenvalue weighted by atomic mass is 10.1. The smallest absolute Gasteiger partial charge is 0.145 e. The van der Waals surface area contributed by atoms with Crippen molar-refractivity contribution in [2.75, 3.05) is 5.73 Å². The number of nitrogens with zero attached hydrogens (tertiary/aromatic N) is 1. The van der Waals surface area contributed by atoms with E-state index in [4.69, 9.17) is 17.3 Å². The van der Waals surface area contributed by atoms with E-state index in [0.29, 0.717) is 11.4 Å². The number of nitrogens with two attached hydrogens (primary N) is 1. The summed E-state index contributed by atoms with van der Waals surface area (Å²) in [4.78, 5) is 0. The molecule has 0 atom stereocenters. The molecule has 3 N–H and O–H groups in total. The van der Waals surface area contributed by atoms with Crippen LogP contribution in [0.4, 0.5) is 10.2 Å². The van der Waals surface area contributed by atoms with Crippen molar-refractivity contribution in [1.82, 2.24) is 10.2 Å². The lowest BCUT2D eigenvalue weighted by Crippen LogP contribution is -1.87. The number of nitrogens with one attached hydrogen (secondary N) is 1. The summed E-state index contributed by atoms with van der Waals surface area (Å²) in [5.74, 6) is -0.00370. The number of rotatable bonds is 1. The second-order valence-corrected chi connectivity index (χ2v) is 3.70. The van der Waals surface area contributed by atoms with Gasteiger partial charge in [-0.3, -0.25) is 5.10 Å². The highest BCUT2D eigenvalue weighted by Gasteiger charge is 2.08. The number of halogens is 2. The van der Waals surface area contributed by atoms with E-state index in [-0.39, 0.29) is 5.02 Å². The van der Waals surface area contributed by atoms with Gasteiger partial charge in [-0.05, 0) is 24.6 Å².